The van der Waals surface area contributed by atoms with E-state index in [9.17, 15) is 0 Å². The van der Waals surface area contributed by atoms with Gasteiger partial charge in [0.1, 0.15) is 5.60 Å². The van der Waals surface area contributed by atoms with Gasteiger partial charge in [0.25, 0.3) is 0 Å². The van der Waals surface area contributed by atoms with Gasteiger partial charge in [-0.25, -0.2) is 4.68 Å². The molecule has 0 saturated carbocycles. The summed E-state index contributed by atoms with van der Waals surface area (Å²) < 4.78 is 12.7. The number of rotatable bonds is 4. The Morgan fingerprint density at radius 3 is 3.10 bits per heavy atom. The summed E-state index contributed by atoms with van der Waals surface area (Å²) in [6, 6.07) is 5.23. The number of ether oxygens (including phenoxy) is 2. The minimum absolute atomic E-state index is 0.406. The lowest BCUT2D eigenvalue weighted by atomic mass is 10.0. The van der Waals surface area contributed by atoms with Crippen molar-refractivity contribution in [2.24, 2.45) is 0 Å². The molecule has 1 aromatic heterocycles. The number of aromatic nitrogens is 4. The van der Waals surface area contributed by atoms with E-state index in [1.54, 1.807) is 30.0 Å². The fourth-order valence-electron chi connectivity index (χ4n) is 2.43. The summed E-state index contributed by atoms with van der Waals surface area (Å²) in [5.41, 5.74) is 6.72. The zero-order valence-corrected chi connectivity index (χ0v) is 12.4. The van der Waals surface area contributed by atoms with Gasteiger partial charge in [0.2, 0.25) is 0 Å². The minimum Gasteiger partial charge on any atom is -0.399 e. The quantitative estimate of drug-likeness (QED) is 0.858. The van der Waals surface area contributed by atoms with E-state index in [4.69, 9.17) is 26.8 Å². The Morgan fingerprint density at radius 1 is 1.52 bits per heavy atom. The average Bonchev–Trinajstić information content (AvgIpc) is 3.12. The van der Waals surface area contributed by atoms with Crippen LogP contribution in [0.1, 0.15) is 6.42 Å². The van der Waals surface area contributed by atoms with E-state index in [2.05, 4.69) is 15.5 Å². The summed E-state index contributed by atoms with van der Waals surface area (Å²) in [6.07, 6.45) is 0.799. The zero-order chi connectivity index (χ0) is 14.9. The maximum Gasteiger partial charge on any atom is 0.183 e. The van der Waals surface area contributed by atoms with E-state index in [0.29, 0.717) is 41.9 Å². The fraction of sp³-hybridized carbons (Fsp3) is 0.462. The lowest BCUT2D eigenvalue weighted by molar-refractivity contribution is -0.0317. The third kappa shape index (κ3) is 2.72. The van der Waals surface area contributed by atoms with Crippen LogP contribution in [0.4, 0.5) is 5.69 Å². The van der Waals surface area contributed by atoms with E-state index in [1.165, 1.54) is 0 Å². The average molecular weight is 310 g/mol. The Balaban J connectivity index is 1.96. The van der Waals surface area contributed by atoms with Crippen LogP contribution >= 0.6 is 11.6 Å². The van der Waals surface area contributed by atoms with E-state index >= 15 is 0 Å². The molecule has 1 unspecified atom stereocenters. The zero-order valence-electron chi connectivity index (χ0n) is 11.6. The van der Waals surface area contributed by atoms with Crippen molar-refractivity contribution in [3.63, 3.8) is 0 Å². The first kappa shape index (κ1) is 14.2. The Hall–Kier alpha value is -1.70. The van der Waals surface area contributed by atoms with Crippen LogP contribution in [0.15, 0.2) is 18.2 Å². The van der Waals surface area contributed by atoms with Crippen LogP contribution in [0.5, 0.6) is 0 Å². The smallest absolute Gasteiger partial charge is 0.183 e. The van der Waals surface area contributed by atoms with Crippen LogP contribution in [-0.2, 0) is 16.0 Å². The first-order valence-electron chi connectivity index (χ1n) is 6.58. The summed E-state index contributed by atoms with van der Waals surface area (Å²) in [4.78, 5) is 0. The van der Waals surface area contributed by atoms with Crippen LogP contribution in [0.25, 0.3) is 11.4 Å². The molecule has 1 fully saturated rings. The van der Waals surface area contributed by atoms with E-state index in [0.717, 1.165) is 6.42 Å². The number of methoxy groups -OCH3 is 1. The van der Waals surface area contributed by atoms with Crippen LogP contribution in [0, 0.1) is 0 Å². The molecule has 2 N–H and O–H groups in total. The van der Waals surface area contributed by atoms with Crippen molar-refractivity contribution in [3.8, 4) is 11.4 Å². The molecule has 0 amide bonds. The maximum absolute atomic E-state index is 6.22. The molecule has 7 nitrogen and oxygen atoms in total. The third-order valence-corrected chi connectivity index (χ3v) is 4.03. The number of anilines is 1. The number of halogens is 1. The highest BCUT2D eigenvalue weighted by atomic mass is 35.5. The summed E-state index contributed by atoms with van der Waals surface area (Å²) >= 11 is 6.22. The maximum atomic E-state index is 6.22. The van der Waals surface area contributed by atoms with Crippen molar-refractivity contribution in [1.82, 2.24) is 20.2 Å². The molecule has 1 aromatic carbocycles. The van der Waals surface area contributed by atoms with Gasteiger partial charge in [-0.15, -0.1) is 5.10 Å². The van der Waals surface area contributed by atoms with Gasteiger partial charge in [0, 0.05) is 31.4 Å². The summed E-state index contributed by atoms with van der Waals surface area (Å²) in [5.74, 6) is 0.565. The number of hydrogen-bond acceptors (Lipinski definition) is 6. The number of nitrogens with zero attached hydrogens (tertiary/aromatic N) is 4. The van der Waals surface area contributed by atoms with E-state index < -0.39 is 5.60 Å². The van der Waals surface area contributed by atoms with Gasteiger partial charge in [0.15, 0.2) is 5.82 Å². The van der Waals surface area contributed by atoms with Crippen LogP contribution in [0.2, 0.25) is 5.02 Å². The van der Waals surface area contributed by atoms with Gasteiger partial charge in [0.05, 0.1) is 18.2 Å². The number of hydrogen-bond donors (Lipinski definition) is 1. The predicted octanol–water partition coefficient (Wildman–Crippen LogP) is 1.38. The van der Waals surface area contributed by atoms with E-state index in [1.807, 2.05) is 0 Å². The van der Waals surface area contributed by atoms with Gasteiger partial charge >= 0.3 is 0 Å². The molecule has 1 atom stereocenters. The van der Waals surface area contributed by atoms with E-state index in [-0.39, 0.29) is 0 Å². The lowest BCUT2D eigenvalue weighted by Gasteiger charge is -2.25. The highest BCUT2D eigenvalue weighted by molar-refractivity contribution is 6.33. The number of benzene rings is 1. The molecular weight excluding hydrogens is 294 g/mol. The third-order valence-electron chi connectivity index (χ3n) is 3.70. The van der Waals surface area contributed by atoms with Crippen molar-refractivity contribution in [1.29, 1.82) is 0 Å². The SMILES string of the molecule is COC1(Cn2nnnc2-c2cc(N)ccc2Cl)CCOC1. The molecule has 2 aromatic rings. The molecular formula is C13H16ClN5O2. The molecule has 0 bridgehead atoms. The van der Waals surface area contributed by atoms with Crippen molar-refractivity contribution >= 4 is 17.3 Å². The second-order valence-electron chi connectivity index (χ2n) is 5.09. The summed E-state index contributed by atoms with van der Waals surface area (Å²) in [6.45, 7) is 1.69. The topological polar surface area (TPSA) is 88.1 Å². The van der Waals surface area contributed by atoms with Gasteiger partial charge < -0.3 is 15.2 Å². The summed E-state index contributed by atoms with van der Waals surface area (Å²) in [5, 5.41) is 12.4. The van der Waals surface area contributed by atoms with Gasteiger partial charge in [-0.05, 0) is 28.6 Å². The highest BCUT2D eigenvalue weighted by Crippen LogP contribution is 2.30. The molecule has 0 radical (unpaired) electrons. The molecule has 3 rings (SSSR count). The van der Waals surface area contributed by atoms with Crippen LogP contribution in [-0.4, -0.2) is 46.1 Å². The molecule has 1 aliphatic heterocycles. The van der Waals surface area contributed by atoms with Gasteiger partial charge in [-0.3, -0.25) is 0 Å². The first-order valence-corrected chi connectivity index (χ1v) is 6.96. The molecule has 2 heterocycles. The van der Waals surface area contributed by atoms with Crippen molar-refractivity contribution < 1.29 is 9.47 Å². The van der Waals surface area contributed by atoms with Crippen molar-refractivity contribution in [2.45, 2.75) is 18.6 Å². The summed E-state index contributed by atoms with van der Waals surface area (Å²) in [7, 11) is 1.67. The molecule has 1 aliphatic rings. The Labute approximate surface area is 127 Å². The molecule has 0 aliphatic carbocycles. The second-order valence-corrected chi connectivity index (χ2v) is 5.50. The molecule has 112 valence electrons. The number of nitrogen functional groups attached to an aromatic ring is 1. The molecule has 8 heteroatoms. The molecule has 1 saturated heterocycles. The fourth-order valence-corrected chi connectivity index (χ4v) is 2.63. The Bertz CT molecular complexity index is 639. The van der Waals surface area contributed by atoms with Gasteiger partial charge in [-0.1, -0.05) is 11.6 Å². The standard InChI is InChI=1S/C13H16ClN5O2/c1-20-13(4-5-21-8-13)7-19-12(16-17-18-19)10-6-9(15)2-3-11(10)14/h2-3,6H,4-5,7-8,15H2,1H3. The van der Waals surface area contributed by atoms with Crippen molar-refractivity contribution in [3.05, 3.63) is 23.2 Å². The van der Waals surface area contributed by atoms with Gasteiger partial charge in [-0.2, -0.15) is 0 Å². The first-order chi connectivity index (χ1) is 10.1. The molecule has 0 spiro atoms. The number of tetrazole rings is 1. The number of nitrogens with two attached hydrogens (primary N) is 1. The minimum atomic E-state index is -0.406. The van der Waals surface area contributed by atoms with Crippen LogP contribution in [0.3, 0.4) is 0 Å². The largest absolute Gasteiger partial charge is 0.399 e. The lowest BCUT2D eigenvalue weighted by Crippen LogP contribution is -2.37. The Morgan fingerprint density at radius 2 is 2.38 bits per heavy atom. The highest BCUT2D eigenvalue weighted by Gasteiger charge is 2.36. The second kappa shape index (κ2) is 5.59. The Kier molecular flexibility index (Phi) is 3.79. The molecule has 21 heavy (non-hydrogen) atoms. The normalized spacial score (nSPS) is 21.8. The monoisotopic (exact) mass is 309 g/mol. The van der Waals surface area contributed by atoms with Crippen LogP contribution < -0.4 is 5.73 Å². The predicted molar refractivity (Wildman–Crippen MR) is 77.9 cm³/mol. The van der Waals surface area contributed by atoms with Crippen molar-refractivity contribution in [2.75, 3.05) is 26.1 Å².